The molecular weight excluding hydrogens is 362 g/mol. The van der Waals surface area contributed by atoms with Crippen molar-refractivity contribution >= 4 is 23.6 Å². The summed E-state index contributed by atoms with van der Waals surface area (Å²) in [7, 11) is 0. The minimum atomic E-state index is -1.05. The van der Waals surface area contributed by atoms with Crippen LogP contribution in [0.3, 0.4) is 0 Å². The summed E-state index contributed by atoms with van der Waals surface area (Å²) in [5.74, 6) is -1.09. The number of benzene rings is 1. The topological polar surface area (TPSA) is 112 Å². The maximum absolute atomic E-state index is 12.8. The van der Waals surface area contributed by atoms with Crippen LogP contribution in [0.1, 0.15) is 34.5 Å². The van der Waals surface area contributed by atoms with E-state index in [-0.39, 0.29) is 30.2 Å². The van der Waals surface area contributed by atoms with Gasteiger partial charge < -0.3 is 25.1 Å². The van der Waals surface area contributed by atoms with Gasteiger partial charge in [0.1, 0.15) is 12.2 Å². The van der Waals surface area contributed by atoms with Gasteiger partial charge in [-0.3, -0.25) is 9.59 Å². The highest BCUT2D eigenvalue weighted by Gasteiger charge is 2.29. The van der Waals surface area contributed by atoms with E-state index in [2.05, 4.69) is 10.6 Å². The normalized spacial score (nSPS) is 14.5. The number of nitrogens with one attached hydrogen (secondary N) is 2. The number of para-hydroxylation sites is 1. The number of piperidine rings is 1. The number of hydrogen-bond acceptors (Lipinski definition) is 4. The molecule has 0 radical (unpaired) electrons. The van der Waals surface area contributed by atoms with E-state index in [9.17, 15) is 14.4 Å². The van der Waals surface area contributed by atoms with Crippen molar-refractivity contribution in [2.75, 3.05) is 18.4 Å². The number of aryl methyl sites for hydroxylation is 1. The van der Waals surface area contributed by atoms with Gasteiger partial charge in [-0.2, -0.15) is 0 Å². The monoisotopic (exact) mass is 385 g/mol. The van der Waals surface area contributed by atoms with Gasteiger partial charge in [0, 0.05) is 30.4 Å². The number of rotatable bonds is 5. The first-order valence-electron chi connectivity index (χ1n) is 9.14. The summed E-state index contributed by atoms with van der Waals surface area (Å²) in [6.07, 6.45) is 2.33. The van der Waals surface area contributed by atoms with Gasteiger partial charge in [0.25, 0.3) is 5.91 Å². The van der Waals surface area contributed by atoms with Crippen molar-refractivity contribution in [1.82, 2.24) is 10.2 Å². The van der Waals surface area contributed by atoms with E-state index in [0.29, 0.717) is 42.7 Å². The first kappa shape index (κ1) is 19.5. The van der Waals surface area contributed by atoms with Crippen LogP contribution in [0.25, 0.3) is 0 Å². The molecule has 0 spiro atoms. The third-order valence-electron chi connectivity index (χ3n) is 4.73. The van der Waals surface area contributed by atoms with Crippen LogP contribution >= 0.6 is 0 Å². The van der Waals surface area contributed by atoms with Gasteiger partial charge in [-0.15, -0.1) is 0 Å². The fraction of sp³-hybridized carbons (Fsp3) is 0.350. The SMILES string of the molecule is Cc1coc(CC(=O)O)c1C(=O)N1CCC(NC(=O)Nc2ccccc2)CC1. The number of hydrogen-bond donors (Lipinski definition) is 3. The summed E-state index contributed by atoms with van der Waals surface area (Å²) in [5.41, 5.74) is 1.67. The Hall–Kier alpha value is -3.29. The van der Waals surface area contributed by atoms with Crippen molar-refractivity contribution in [3.8, 4) is 0 Å². The summed E-state index contributed by atoms with van der Waals surface area (Å²) in [6, 6.07) is 8.87. The quantitative estimate of drug-likeness (QED) is 0.733. The summed E-state index contributed by atoms with van der Waals surface area (Å²) in [4.78, 5) is 37.6. The molecule has 2 aromatic rings. The number of carbonyl (C=O) groups is 3. The molecule has 8 heteroatoms. The van der Waals surface area contributed by atoms with Crippen LogP contribution < -0.4 is 10.6 Å². The third-order valence-corrected chi connectivity index (χ3v) is 4.73. The smallest absolute Gasteiger partial charge is 0.319 e. The maximum Gasteiger partial charge on any atom is 0.319 e. The zero-order valence-corrected chi connectivity index (χ0v) is 15.6. The number of carbonyl (C=O) groups excluding carboxylic acids is 2. The van der Waals surface area contributed by atoms with Gasteiger partial charge in [0.15, 0.2) is 0 Å². The van der Waals surface area contributed by atoms with Crippen LogP contribution in [0.5, 0.6) is 0 Å². The molecule has 3 N–H and O–H groups in total. The van der Waals surface area contributed by atoms with Crippen molar-refractivity contribution in [1.29, 1.82) is 0 Å². The fourth-order valence-electron chi connectivity index (χ4n) is 3.31. The molecule has 0 aliphatic carbocycles. The van der Waals surface area contributed by atoms with Crippen LogP contribution in [0.4, 0.5) is 10.5 Å². The Kier molecular flexibility index (Phi) is 5.98. The van der Waals surface area contributed by atoms with E-state index in [1.54, 1.807) is 11.8 Å². The first-order valence-corrected chi connectivity index (χ1v) is 9.14. The number of amides is 3. The minimum absolute atomic E-state index is 0.0308. The number of anilines is 1. The molecule has 0 bridgehead atoms. The zero-order valence-electron chi connectivity index (χ0n) is 15.6. The van der Waals surface area contributed by atoms with Crippen LogP contribution in [0.2, 0.25) is 0 Å². The Balaban J connectivity index is 1.54. The highest BCUT2D eigenvalue weighted by Crippen LogP contribution is 2.22. The number of carboxylic acid groups (broad SMARTS) is 1. The summed E-state index contributed by atoms with van der Waals surface area (Å²) in [5, 5.41) is 14.7. The molecule has 8 nitrogen and oxygen atoms in total. The highest BCUT2D eigenvalue weighted by atomic mass is 16.4. The van der Waals surface area contributed by atoms with Crippen molar-refractivity contribution in [2.45, 2.75) is 32.2 Å². The van der Waals surface area contributed by atoms with Gasteiger partial charge in [0.2, 0.25) is 0 Å². The highest BCUT2D eigenvalue weighted by molar-refractivity contribution is 5.97. The third kappa shape index (κ3) is 4.70. The van der Waals surface area contributed by atoms with Crippen molar-refractivity contribution < 1.29 is 23.9 Å². The molecule has 0 saturated carbocycles. The van der Waals surface area contributed by atoms with E-state index in [1.807, 2.05) is 30.3 Å². The molecule has 3 rings (SSSR count). The summed E-state index contributed by atoms with van der Waals surface area (Å²) >= 11 is 0. The Morgan fingerprint density at radius 3 is 2.50 bits per heavy atom. The molecule has 1 aliphatic rings. The second-order valence-corrected chi connectivity index (χ2v) is 6.82. The average Bonchev–Trinajstić information content (AvgIpc) is 3.02. The predicted molar refractivity (Wildman–Crippen MR) is 102 cm³/mol. The van der Waals surface area contributed by atoms with Crippen LogP contribution in [0, 0.1) is 6.92 Å². The van der Waals surface area contributed by atoms with Crippen molar-refractivity contribution in [3.63, 3.8) is 0 Å². The van der Waals surface area contributed by atoms with E-state index >= 15 is 0 Å². The second kappa shape index (κ2) is 8.60. The number of furan rings is 1. The maximum atomic E-state index is 12.8. The van der Waals surface area contributed by atoms with Gasteiger partial charge in [-0.25, -0.2) is 4.79 Å². The Labute approximate surface area is 162 Å². The number of likely N-dealkylation sites (tertiary alicyclic amines) is 1. The van der Waals surface area contributed by atoms with E-state index < -0.39 is 5.97 Å². The van der Waals surface area contributed by atoms with Gasteiger partial charge in [-0.05, 0) is 31.9 Å². The molecule has 1 aliphatic heterocycles. The summed E-state index contributed by atoms with van der Waals surface area (Å²) in [6.45, 7) is 2.68. The molecule has 1 saturated heterocycles. The molecule has 148 valence electrons. The first-order chi connectivity index (χ1) is 13.4. The summed E-state index contributed by atoms with van der Waals surface area (Å²) < 4.78 is 5.25. The molecule has 1 aromatic heterocycles. The lowest BCUT2D eigenvalue weighted by molar-refractivity contribution is -0.136. The molecule has 3 amide bonds. The number of carboxylic acids is 1. The fourth-order valence-corrected chi connectivity index (χ4v) is 3.31. The van der Waals surface area contributed by atoms with Crippen molar-refractivity contribution in [2.24, 2.45) is 0 Å². The van der Waals surface area contributed by atoms with Gasteiger partial charge in [0.05, 0.1) is 11.8 Å². The van der Waals surface area contributed by atoms with Crippen LogP contribution in [-0.2, 0) is 11.2 Å². The second-order valence-electron chi connectivity index (χ2n) is 6.82. The van der Waals surface area contributed by atoms with E-state index in [1.165, 1.54) is 6.26 Å². The molecule has 1 aromatic carbocycles. The molecule has 0 atom stereocenters. The molecule has 1 fully saturated rings. The lowest BCUT2D eigenvalue weighted by Crippen LogP contribution is -2.47. The van der Waals surface area contributed by atoms with E-state index in [0.717, 1.165) is 0 Å². The Morgan fingerprint density at radius 1 is 1.18 bits per heavy atom. The lowest BCUT2D eigenvalue weighted by atomic mass is 10.0. The molecule has 0 unspecified atom stereocenters. The molecule has 2 heterocycles. The Bertz CT molecular complexity index is 854. The minimum Gasteiger partial charge on any atom is -0.481 e. The standard InChI is InChI=1S/C20H23N3O5/c1-13-12-28-16(11-17(24)25)18(13)19(26)23-9-7-15(8-10-23)22-20(27)21-14-5-3-2-4-6-14/h2-6,12,15H,7-11H2,1H3,(H,24,25)(H2,21,22,27). The molecule has 28 heavy (non-hydrogen) atoms. The largest absolute Gasteiger partial charge is 0.481 e. The number of nitrogens with zero attached hydrogens (tertiary/aromatic N) is 1. The zero-order chi connectivity index (χ0) is 20.1. The van der Waals surface area contributed by atoms with Crippen molar-refractivity contribution in [3.05, 3.63) is 53.5 Å². The van der Waals surface area contributed by atoms with Crippen LogP contribution in [-0.4, -0.2) is 47.0 Å². The lowest BCUT2D eigenvalue weighted by Gasteiger charge is -2.32. The predicted octanol–water partition coefficient (Wildman–Crippen LogP) is 2.64. The van der Waals surface area contributed by atoms with Gasteiger partial charge in [-0.1, -0.05) is 18.2 Å². The van der Waals surface area contributed by atoms with Gasteiger partial charge >= 0.3 is 12.0 Å². The Morgan fingerprint density at radius 2 is 1.86 bits per heavy atom. The number of aliphatic carboxylic acids is 1. The van der Waals surface area contributed by atoms with E-state index in [4.69, 9.17) is 9.52 Å². The molecular formula is C20H23N3O5. The number of urea groups is 1. The van der Waals surface area contributed by atoms with Crippen LogP contribution in [0.15, 0.2) is 41.0 Å². The average molecular weight is 385 g/mol.